The number of rotatable bonds is 3. The highest BCUT2D eigenvalue weighted by molar-refractivity contribution is 5.99. The molecule has 1 aliphatic heterocycles. The van der Waals surface area contributed by atoms with Crippen LogP contribution in [-0.2, 0) is 9.53 Å². The van der Waals surface area contributed by atoms with Crippen molar-refractivity contribution < 1.29 is 24.5 Å². The number of hydrogen-bond donors (Lipinski definition) is 3. The molecule has 136 valence electrons. The van der Waals surface area contributed by atoms with E-state index in [4.69, 9.17) is 4.74 Å². The van der Waals surface area contributed by atoms with E-state index in [9.17, 15) is 19.8 Å². The second kappa shape index (κ2) is 6.92. The van der Waals surface area contributed by atoms with Crippen molar-refractivity contribution in [2.75, 3.05) is 20.2 Å². The first-order valence-electron chi connectivity index (χ1n) is 8.50. The smallest absolute Gasteiger partial charge is 0.261 e. The number of aromatic hydroxyl groups is 2. The highest BCUT2D eigenvalue weighted by Crippen LogP contribution is 2.39. The Labute approximate surface area is 146 Å². The number of phenols is 2. The van der Waals surface area contributed by atoms with Crippen LogP contribution in [0.2, 0.25) is 0 Å². The third-order valence-electron chi connectivity index (χ3n) is 5.33. The van der Waals surface area contributed by atoms with Gasteiger partial charge >= 0.3 is 0 Å². The van der Waals surface area contributed by atoms with Crippen LogP contribution in [0.4, 0.5) is 0 Å². The summed E-state index contributed by atoms with van der Waals surface area (Å²) < 4.78 is 5.53. The topological polar surface area (TPSA) is 99.1 Å². The van der Waals surface area contributed by atoms with Crippen LogP contribution in [0.1, 0.15) is 30.1 Å². The van der Waals surface area contributed by atoms with Gasteiger partial charge < -0.3 is 25.2 Å². The summed E-state index contributed by atoms with van der Waals surface area (Å²) in [5.41, 5.74) is -0.0529. The molecule has 25 heavy (non-hydrogen) atoms. The number of benzene rings is 1. The molecular formula is C18H24N2O5. The number of nitrogens with zero attached hydrogens (tertiary/aromatic N) is 1. The Balaban J connectivity index is 1.74. The summed E-state index contributed by atoms with van der Waals surface area (Å²) in [6, 6.07) is 4.22. The Kier molecular flexibility index (Phi) is 4.85. The fourth-order valence-electron chi connectivity index (χ4n) is 4.16. The molecule has 1 aromatic carbocycles. The lowest BCUT2D eigenvalue weighted by Crippen LogP contribution is -2.49. The maximum absolute atomic E-state index is 12.7. The number of carbonyl (C=O) groups excluding carboxylic acids is 2. The summed E-state index contributed by atoms with van der Waals surface area (Å²) in [5, 5.41) is 22.8. The predicted octanol–water partition coefficient (Wildman–Crippen LogP) is 1.10. The molecule has 1 aliphatic carbocycles. The molecule has 1 saturated heterocycles. The molecule has 4 atom stereocenters. The van der Waals surface area contributed by atoms with E-state index < -0.39 is 0 Å². The fraction of sp³-hybridized carbons (Fsp3) is 0.556. The number of phenolic OH excluding ortho intramolecular Hbond substituents is 2. The summed E-state index contributed by atoms with van der Waals surface area (Å²) in [5.74, 6) is -0.339. The first kappa shape index (κ1) is 17.5. The minimum atomic E-state index is -0.366. The van der Waals surface area contributed by atoms with Crippen LogP contribution in [0.25, 0.3) is 0 Å². The van der Waals surface area contributed by atoms with E-state index in [1.165, 1.54) is 25.1 Å². The molecule has 1 heterocycles. The predicted molar refractivity (Wildman–Crippen MR) is 90.3 cm³/mol. The molecule has 0 bridgehead atoms. The largest absolute Gasteiger partial charge is 0.507 e. The van der Waals surface area contributed by atoms with Gasteiger partial charge in [0.2, 0.25) is 5.91 Å². The van der Waals surface area contributed by atoms with Crippen molar-refractivity contribution in [2.45, 2.75) is 31.9 Å². The highest BCUT2D eigenvalue weighted by Gasteiger charge is 2.44. The molecule has 3 N–H and O–H groups in total. The number of nitrogens with one attached hydrogen (secondary N) is 1. The molecule has 0 aromatic heterocycles. The van der Waals surface area contributed by atoms with Crippen molar-refractivity contribution in [3.05, 3.63) is 23.8 Å². The third kappa shape index (κ3) is 3.42. The number of likely N-dealkylation sites (tertiary alicyclic amines) is 1. The Morgan fingerprint density at radius 2 is 1.76 bits per heavy atom. The second-order valence-corrected chi connectivity index (χ2v) is 6.95. The number of hydrogen-bond acceptors (Lipinski definition) is 5. The van der Waals surface area contributed by atoms with Gasteiger partial charge in [0, 0.05) is 27.1 Å². The van der Waals surface area contributed by atoms with E-state index in [0.717, 1.165) is 12.8 Å². The SMILES string of the molecule is CO[C@@H]1C[C@H]2CN(C(=O)c3c(O)cccc3O)C[C@H]2C[C@H]1NC(C)=O. The highest BCUT2D eigenvalue weighted by atomic mass is 16.5. The van der Waals surface area contributed by atoms with Crippen LogP contribution in [0.3, 0.4) is 0 Å². The van der Waals surface area contributed by atoms with E-state index in [1.54, 1.807) is 12.0 Å². The molecule has 2 aliphatic rings. The summed E-state index contributed by atoms with van der Waals surface area (Å²) in [4.78, 5) is 25.8. The van der Waals surface area contributed by atoms with Gasteiger partial charge in [-0.05, 0) is 36.8 Å². The quantitative estimate of drug-likeness (QED) is 0.760. The summed E-state index contributed by atoms with van der Waals surface area (Å²) in [6.45, 7) is 2.60. The van der Waals surface area contributed by atoms with Gasteiger partial charge in [-0.15, -0.1) is 0 Å². The van der Waals surface area contributed by atoms with Gasteiger partial charge in [0.25, 0.3) is 5.91 Å². The van der Waals surface area contributed by atoms with Crippen LogP contribution in [0.15, 0.2) is 18.2 Å². The normalized spacial score (nSPS) is 28.5. The number of ether oxygens (including phenoxy) is 1. The molecule has 0 spiro atoms. The van der Waals surface area contributed by atoms with Gasteiger partial charge in [0.1, 0.15) is 17.1 Å². The molecule has 3 rings (SSSR count). The van der Waals surface area contributed by atoms with Gasteiger partial charge in [-0.1, -0.05) is 6.07 Å². The lowest BCUT2D eigenvalue weighted by Gasteiger charge is -2.37. The second-order valence-electron chi connectivity index (χ2n) is 6.95. The van der Waals surface area contributed by atoms with Crippen molar-refractivity contribution in [3.63, 3.8) is 0 Å². The zero-order chi connectivity index (χ0) is 18.1. The molecule has 1 saturated carbocycles. The number of methoxy groups -OCH3 is 1. The molecule has 2 amide bonds. The van der Waals surface area contributed by atoms with E-state index in [-0.39, 0.29) is 52.9 Å². The van der Waals surface area contributed by atoms with E-state index in [0.29, 0.717) is 13.1 Å². The average molecular weight is 348 g/mol. The van der Waals surface area contributed by atoms with Crippen LogP contribution in [0.5, 0.6) is 11.5 Å². The monoisotopic (exact) mass is 348 g/mol. The zero-order valence-corrected chi connectivity index (χ0v) is 14.4. The van der Waals surface area contributed by atoms with Crippen molar-refractivity contribution in [1.29, 1.82) is 0 Å². The van der Waals surface area contributed by atoms with Gasteiger partial charge in [-0.2, -0.15) is 0 Å². The first-order chi connectivity index (χ1) is 11.9. The number of carbonyl (C=O) groups is 2. The van der Waals surface area contributed by atoms with Gasteiger partial charge in [-0.25, -0.2) is 0 Å². The Bertz CT molecular complexity index is 657. The molecule has 1 aromatic rings. The van der Waals surface area contributed by atoms with E-state index >= 15 is 0 Å². The Morgan fingerprint density at radius 1 is 1.16 bits per heavy atom. The lowest BCUT2D eigenvalue weighted by molar-refractivity contribution is -0.121. The van der Waals surface area contributed by atoms with Crippen LogP contribution < -0.4 is 5.32 Å². The van der Waals surface area contributed by atoms with Crippen molar-refractivity contribution in [3.8, 4) is 11.5 Å². The van der Waals surface area contributed by atoms with Crippen LogP contribution >= 0.6 is 0 Å². The van der Waals surface area contributed by atoms with Crippen LogP contribution in [0, 0.1) is 11.8 Å². The van der Waals surface area contributed by atoms with Gasteiger partial charge in [-0.3, -0.25) is 9.59 Å². The minimum absolute atomic E-state index is 0.0529. The third-order valence-corrected chi connectivity index (χ3v) is 5.33. The molecule has 2 fully saturated rings. The fourth-order valence-corrected chi connectivity index (χ4v) is 4.16. The Hall–Kier alpha value is -2.28. The molecular weight excluding hydrogens is 324 g/mol. The maximum Gasteiger partial charge on any atom is 0.261 e. The van der Waals surface area contributed by atoms with Gasteiger partial charge in [0.05, 0.1) is 12.1 Å². The van der Waals surface area contributed by atoms with E-state index in [2.05, 4.69) is 5.32 Å². The number of amides is 2. The van der Waals surface area contributed by atoms with Crippen LogP contribution in [-0.4, -0.2) is 59.3 Å². The molecule has 7 nitrogen and oxygen atoms in total. The average Bonchev–Trinajstić information content (AvgIpc) is 2.96. The van der Waals surface area contributed by atoms with Crippen molar-refractivity contribution >= 4 is 11.8 Å². The maximum atomic E-state index is 12.7. The summed E-state index contributed by atoms with van der Waals surface area (Å²) in [7, 11) is 1.64. The minimum Gasteiger partial charge on any atom is -0.507 e. The Morgan fingerprint density at radius 3 is 2.32 bits per heavy atom. The summed E-state index contributed by atoms with van der Waals surface area (Å²) in [6.07, 6.45) is 1.45. The molecule has 0 radical (unpaired) electrons. The lowest BCUT2D eigenvalue weighted by atomic mass is 9.77. The van der Waals surface area contributed by atoms with Crippen molar-refractivity contribution in [2.24, 2.45) is 11.8 Å². The number of fused-ring (bicyclic) bond motifs is 1. The van der Waals surface area contributed by atoms with E-state index in [1.807, 2.05) is 0 Å². The molecule has 0 unspecified atom stereocenters. The summed E-state index contributed by atoms with van der Waals surface area (Å²) >= 11 is 0. The standard InChI is InChI=1S/C18H24N2O5/c1-10(21)19-13-6-11-8-20(9-12(11)7-16(13)25-2)18(24)17-14(22)4-3-5-15(17)23/h3-5,11-13,16,22-23H,6-9H2,1-2H3,(H,19,21)/t11-,12+,13-,16-/m1/s1. The first-order valence-corrected chi connectivity index (χ1v) is 8.50. The molecule has 7 heteroatoms. The van der Waals surface area contributed by atoms with Crippen molar-refractivity contribution in [1.82, 2.24) is 10.2 Å². The zero-order valence-electron chi connectivity index (χ0n) is 14.4. The van der Waals surface area contributed by atoms with Gasteiger partial charge in [0.15, 0.2) is 0 Å².